The Labute approximate surface area is 141 Å². The van der Waals surface area contributed by atoms with Gasteiger partial charge in [-0.15, -0.1) is 0 Å². The Kier molecular flexibility index (Phi) is 5.42. The molecular formula is C18H21N3O3. The fourth-order valence-corrected chi connectivity index (χ4v) is 2.32. The van der Waals surface area contributed by atoms with E-state index in [1.807, 2.05) is 32.0 Å². The van der Waals surface area contributed by atoms with Crippen molar-refractivity contribution in [1.29, 1.82) is 0 Å². The van der Waals surface area contributed by atoms with Crippen LogP contribution in [0.2, 0.25) is 0 Å². The van der Waals surface area contributed by atoms with Crippen molar-refractivity contribution in [2.24, 2.45) is 5.73 Å². The number of ether oxygens (including phenoxy) is 1. The van der Waals surface area contributed by atoms with E-state index in [1.165, 1.54) is 0 Å². The van der Waals surface area contributed by atoms with Gasteiger partial charge in [-0.2, -0.15) is 0 Å². The smallest absolute Gasteiger partial charge is 0.316 e. The molecule has 2 rings (SSSR count). The summed E-state index contributed by atoms with van der Waals surface area (Å²) in [4.78, 5) is 23.2. The summed E-state index contributed by atoms with van der Waals surface area (Å²) in [5.74, 6) is 0.498. The lowest BCUT2D eigenvalue weighted by Gasteiger charge is -2.15. The van der Waals surface area contributed by atoms with Crippen LogP contribution in [0.1, 0.15) is 34.5 Å². The first-order chi connectivity index (χ1) is 11.4. The first kappa shape index (κ1) is 17.3. The number of aryl methyl sites for hydroxylation is 1. The van der Waals surface area contributed by atoms with Crippen molar-refractivity contribution in [3.63, 3.8) is 0 Å². The van der Waals surface area contributed by atoms with E-state index in [9.17, 15) is 9.59 Å². The minimum absolute atomic E-state index is 0.180. The van der Waals surface area contributed by atoms with Crippen molar-refractivity contribution >= 4 is 17.6 Å². The number of nitrogens with two attached hydrogens (primary N) is 1. The van der Waals surface area contributed by atoms with Gasteiger partial charge in [0, 0.05) is 11.3 Å². The zero-order chi connectivity index (χ0) is 17.7. The summed E-state index contributed by atoms with van der Waals surface area (Å²) < 4.78 is 5.25. The van der Waals surface area contributed by atoms with Gasteiger partial charge in [0.2, 0.25) is 0 Å². The van der Waals surface area contributed by atoms with Crippen molar-refractivity contribution in [2.45, 2.75) is 19.9 Å². The number of methoxy groups -OCH3 is 1. The fourth-order valence-electron chi connectivity index (χ4n) is 2.32. The van der Waals surface area contributed by atoms with Crippen LogP contribution in [0.4, 0.5) is 10.5 Å². The van der Waals surface area contributed by atoms with Gasteiger partial charge in [-0.1, -0.05) is 18.2 Å². The molecule has 6 nitrogen and oxygen atoms in total. The minimum Gasteiger partial charge on any atom is -0.496 e. The largest absolute Gasteiger partial charge is 0.496 e. The van der Waals surface area contributed by atoms with E-state index >= 15 is 0 Å². The Bertz CT molecular complexity index is 742. The van der Waals surface area contributed by atoms with Crippen LogP contribution in [0.5, 0.6) is 5.75 Å². The topological polar surface area (TPSA) is 93.4 Å². The molecule has 2 aromatic rings. The van der Waals surface area contributed by atoms with Crippen LogP contribution < -0.4 is 21.1 Å². The maximum absolute atomic E-state index is 12.4. The Morgan fingerprint density at radius 3 is 2.38 bits per heavy atom. The van der Waals surface area contributed by atoms with Gasteiger partial charge >= 0.3 is 6.03 Å². The molecule has 0 radical (unpaired) electrons. The van der Waals surface area contributed by atoms with E-state index < -0.39 is 6.03 Å². The van der Waals surface area contributed by atoms with E-state index in [-0.39, 0.29) is 11.9 Å². The summed E-state index contributed by atoms with van der Waals surface area (Å²) in [6, 6.07) is 11.7. The maximum Gasteiger partial charge on any atom is 0.316 e. The number of hydrogen-bond acceptors (Lipinski definition) is 3. The van der Waals surface area contributed by atoms with Crippen molar-refractivity contribution in [3.05, 3.63) is 59.2 Å². The normalized spacial score (nSPS) is 11.5. The SMILES string of the molecule is COc1cc(C(=O)N[C@@H](C)c2ccc(NC(N)=O)cc2)ccc1C. The number of urea groups is 1. The molecule has 0 aromatic heterocycles. The predicted molar refractivity (Wildman–Crippen MR) is 93.3 cm³/mol. The van der Waals surface area contributed by atoms with Gasteiger partial charge in [-0.05, 0) is 49.2 Å². The number of benzene rings is 2. The minimum atomic E-state index is -0.614. The van der Waals surface area contributed by atoms with Gasteiger partial charge in [-0.25, -0.2) is 4.79 Å². The van der Waals surface area contributed by atoms with Crippen LogP contribution in [-0.4, -0.2) is 19.0 Å². The Morgan fingerprint density at radius 1 is 1.12 bits per heavy atom. The van der Waals surface area contributed by atoms with Crippen LogP contribution in [0, 0.1) is 6.92 Å². The second-order valence-electron chi connectivity index (χ2n) is 5.49. The average molecular weight is 327 g/mol. The van der Waals surface area contributed by atoms with E-state index in [0.29, 0.717) is 17.0 Å². The van der Waals surface area contributed by atoms with Crippen LogP contribution in [0.25, 0.3) is 0 Å². The summed E-state index contributed by atoms with van der Waals surface area (Å²) in [5.41, 5.74) is 8.10. The van der Waals surface area contributed by atoms with Crippen LogP contribution in [0.3, 0.4) is 0 Å². The van der Waals surface area contributed by atoms with Crippen LogP contribution in [-0.2, 0) is 0 Å². The van der Waals surface area contributed by atoms with E-state index in [4.69, 9.17) is 10.5 Å². The number of anilines is 1. The van der Waals surface area contributed by atoms with Crippen molar-refractivity contribution in [2.75, 3.05) is 12.4 Å². The molecule has 3 amide bonds. The summed E-state index contributed by atoms with van der Waals surface area (Å²) >= 11 is 0. The van der Waals surface area contributed by atoms with Crippen LogP contribution >= 0.6 is 0 Å². The van der Waals surface area contributed by atoms with Gasteiger partial charge in [0.1, 0.15) is 5.75 Å². The molecule has 0 saturated carbocycles. The van der Waals surface area contributed by atoms with E-state index in [2.05, 4.69) is 10.6 Å². The molecule has 0 aliphatic heterocycles. The molecule has 0 heterocycles. The third kappa shape index (κ3) is 4.25. The highest BCUT2D eigenvalue weighted by Gasteiger charge is 2.13. The molecule has 0 fully saturated rings. The molecule has 0 unspecified atom stereocenters. The first-order valence-corrected chi connectivity index (χ1v) is 7.52. The zero-order valence-corrected chi connectivity index (χ0v) is 13.9. The maximum atomic E-state index is 12.4. The molecule has 2 aromatic carbocycles. The van der Waals surface area contributed by atoms with Gasteiger partial charge < -0.3 is 21.1 Å². The monoisotopic (exact) mass is 327 g/mol. The highest BCUT2D eigenvalue weighted by molar-refractivity contribution is 5.95. The zero-order valence-electron chi connectivity index (χ0n) is 13.9. The number of carbonyl (C=O) groups is 2. The predicted octanol–water partition coefficient (Wildman–Crippen LogP) is 2.99. The van der Waals surface area contributed by atoms with Crippen LogP contribution in [0.15, 0.2) is 42.5 Å². The number of carbonyl (C=O) groups excluding carboxylic acids is 2. The Hall–Kier alpha value is -3.02. The van der Waals surface area contributed by atoms with Crippen molar-refractivity contribution < 1.29 is 14.3 Å². The molecule has 0 saturated heterocycles. The molecule has 126 valence electrons. The number of amides is 3. The summed E-state index contributed by atoms with van der Waals surface area (Å²) in [6.45, 7) is 3.81. The van der Waals surface area contributed by atoms with Crippen molar-refractivity contribution in [1.82, 2.24) is 5.32 Å². The summed E-state index contributed by atoms with van der Waals surface area (Å²) in [6.07, 6.45) is 0. The Morgan fingerprint density at radius 2 is 1.79 bits per heavy atom. The number of nitrogens with one attached hydrogen (secondary N) is 2. The molecule has 0 bridgehead atoms. The number of primary amides is 1. The highest BCUT2D eigenvalue weighted by Crippen LogP contribution is 2.20. The van der Waals surface area contributed by atoms with Gasteiger partial charge in [0.05, 0.1) is 13.2 Å². The van der Waals surface area contributed by atoms with Crippen molar-refractivity contribution in [3.8, 4) is 5.75 Å². The molecule has 1 atom stereocenters. The molecule has 4 N–H and O–H groups in total. The quantitative estimate of drug-likeness (QED) is 0.788. The summed E-state index contributed by atoms with van der Waals surface area (Å²) in [5, 5.41) is 5.43. The molecule has 0 aliphatic carbocycles. The lowest BCUT2D eigenvalue weighted by Crippen LogP contribution is -2.26. The fraction of sp³-hybridized carbons (Fsp3) is 0.222. The van der Waals surface area contributed by atoms with E-state index in [1.54, 1.807) is 31.4 Å². The Balaban J connectivity index is 2.07. The third-order valence-corrected chi connectivity index (χ3v) is 3.70. The van der Waals surface area contributed by atoms with Gasteiger partial charge in [0.25, 0.3) is 5.91 Å². The second kappa shape index (κ2) is 7.50. The molecule has 0 spiro atoms. The summed E-state index contributed by atoms with van der Waals surface area (Å²) in [7, 11) is 1.58. The highest BCUT2D eigenvalue weighted by atomic mass is 16.5. The van der Waals surface area contributed by atoms with E-state index in [0.717, 1.165) is 11.1 Å². The first-order valence-electron chi connectivity index (χ1n) is 7.52. The molecule has 6 heteroatoms. The third-order valence-electron chi connectivity index (χ3n) is 3.70. The van der Waals surface area contributed by atoms with Gasteiger partial charge in [0.15, 0.2) is 0 Å². The standard InChI is InChI=1S/C18H21N3O3/c1-11-4-5-14(10-16(11)24-3)17(22)20-12(2)13-6-8-15(9-7-13)21-18(19)23/h4-10,12H,1-3H3,(H,20,22)(H3,19,21,23)/t12-/m0/s1. The molecular weight excluding hydrogens is 306 g/mol. The second-order valence-corrected chi connectivity index (χ2v) is 5.49. The average Bonchev–Trinajstić information content (AvgIpc) is 2.55. The lowest BCUT2D eigenvalue weighted by molar-refractivity contribution is 0.0939. The lowest BCUT2D eigenvalue weighted by atomic mass is 10.1. The molecule has 0 aliphatic rings. The number of rotatable bonds is 5. The number of hydrogen-bond donors (Lipinski definition) is 3. The molecule has 24 heavy (non-hydrogen) atoms. The van der Waals surface area contributed by atoms with Gasteiger partial charge in [-0.3, -0.25) is 4.79 Å².